The molecule has 0 nitrogen and oxygen atoms in total. The van der Waals surface area contributed by atoms with Crippen LogP contribution in [-0.4, -0.2) is 0 Å². The number of hydrogen-bond acceptors (Lipinski definition) is 0. The zero-order valence-electron chi connectivity index (χ0n) is 11.7. The molecule has 0 saturated heterocycles. The van der Waals surface area contributed by atoms with Crippen LogP contribution in [0.5, 0.6) is 0 Å². The number of rotatable bonds is 0. The molecule has 0 bridgehead atoms. The van der Waals surface area contributed by atoms with E-state index >= 15 is 0 Å². The van der Waals surface area contributed by atoms with Crippen molar-refractivity contribution in [1.82, 2.24) is 0 Å². The third-order valence-electron chi connectivity index (χ3n) is 4.06. The van der Waals surface area contributed by atoms with E-state index in [2.05, 4.69) is 0 Å². The monoisotopic (exact) mass is 336 g/mol. The lowest BCUT2D eigenvalue weighted by Crippen LogP contribution is -2.01. The first-order valence-corrected chi connectivity index (χ1v) is 6.87. The van der Waals surface area contributed by atoms with Crippen LogP contribution in [0.25, 0.3) is 32.3 Å². The van der Waals surface area contributed by atoms with Gasteiger partial charge in [-0.3, -0.25) is 0 Å². The van der Waals surface area contributed by atoms with Gasteiger partial charge >= 0.3 is 0 Å². The fraction of sp³-hybridized carbons (Fsp3) is 0. The Morgan fingerprint density at radius 1 is 0.458 bits per heavy atom. The maximum absolute atomic E-state index is 14.7. The lowest BCUT2D eigenvalue weighted by atomic mass is 9.97. The van der Waals surface area contributed by atoms with E-state index < -0.39 is 51.1 Å². The van der Waals surface area contributed by atoms with Crippen molar-refractivity contribution in [3.8, 4) is 0 Å². The molecule has 0 aliphatic rings. The molecule has 4 aromatic rings. The van der Waals surface area contributed by atoms with E-state index in [-0.39, 0.29) is 10.8 Å². The minimum atomic E-state index is -2.14. The van der Waals surface area contributed by atoms with E-state index in [0.29, 0.717) is 5.39 Å². The summed E-state index contributed by atoms with van der Waals surface area (Å²) in [6.45, 7) is 0. The average Bonchev–Trinajstić information content (AvgIpc) is 2.57. The summed E-state index contributed by atoms with van der Waals surface area (Å²) in [7, 11) is 0. The molecule has 0 unspecified atom stereocenters. The molecule has 0 aliphatic carbocycles. The molecule has 0 aliphatic heterocycles. The van der Waals surface area contributed by atoms with Gasteiger partial charge in [-0.15, -0.1) is 0 Å². The van der Waals surface area contributed by atoms with Gasteiger partial charge in [-0.25, -0.2) is 26.3 Å². The minimum absolute atomic E-state index is 0.0757. The molecule has 0 spiro atoms. The van der Waals surface area contributed by atoms with E-state index in [1.54, 1.807) is 12.1 Å². The Balaban J connectivity index is 2.34. The van der Waals surface area contributed by atoms with Crippen LogP contribution < -0.4 is 0 Å². The molecular weight excluding hydrogens is 330 g/mol. The van der Waals surface area contributed by atoms with Gasteiger partial charge in [0.1, 0.15) is 11.6 Å². The summed E-state index contributed by atoms with van der Waals surface area (Å²) in [5.74, 6) is -10.2. The van der Waals surface area contributed by atoms with Gasteiger partial charge in [-0.05, 0) is 22.9 Å². The van der Waals surface area contributed by atoms with Gasteiger partial charge in [-0.1, -0.05) is 24.3 Å². The molecule has 0 atom stereocenters. The number of fused-ring (bicyclic) bond motifs is 3. The molecule has 0 aromatic heterocycles. The van der Waals surface area contributed by atoms with Crippen molar-refractivity contribution in [2.45, 2.75) is 0 Å². The summed E-state index contributed by atoms with van der Waals surface area (Å²) >= 11 is 0. The first-order valence-electron chi connectivity index (χ1n) is 6.87. The molecule has 0 N–H and O–H groups in total. The van der Waals surface area contributed by atoms with E-state index in [9.17, 15) is 26.3 Å². The van der Waals surface area contributed by atoms with Gasteiger partial charge in [0.15, 0.2) is 23.3 Å². The van der Waals surface area contributed by atoms with Crippen molar-refractivity contribution < 1.29 is 26.3 Å². The summed E-state index contributed by atoms with van der Waals surface area (Å²) < 4.78 is 84.0. The standard InChI is InChI=1S/C18H6F6/c19-13-9-4-2-1-3-7(9)5-8-6-10-12(15(21)11(8)13)16(22)18(24)17(23)14(10)20/h1-6H. The molecule has 0 fully saturated rings. The molecule has 24 heavy (non-hydrogen) atoms. The van der Waals surface area contributed by atoms with Crippen molar-refractivity contribution in [2.24, 2.45) is 0 Å². The second-order valence-corrected chi connectivity index (χ2v) is 5.38. The summed E-state index contributed by atoms with van der Waals surface area (Å²) in [5, 5.41) is -2.11. The second-order valence-electron chi connectivity index (χ2n) is 5.38. The fourth-order valence-corrected chi connectivity index (χ4v) is 2.94. The molecule has 0 heterocycles. The highest BCUT2D eigenvalue weighted by Crippen LogP contribution is 2.36. The van der Waals surface area contributed by atoms with Crippen molar-refractivity contribution in [3.05, 3.63) is 71.3 Å². The summed E-state index contributed by atoms with van der Waals surface area (Å²) in [6, 6.07) is 8.39. The van der Waals surface area contributed by atoms with E-state index in [1.807, 2.05) is 0 Å². The normalized spacial score (nSPS) is 11.8. The van der Waals surface area contributed by atoms with Gasteiger partial charge in [0, 0.05) is 10.8 Å². The van der Waals surface area contributed by atoms with Crippen molar-refractivity contribution in [2.75, 3.05) is 0 Å². The molecule has 0 saturated carbocycles. The quantitative estimate of drug-likeness (QED) is 0.160. The van der Waals surface area contributed by atoms with Gasteiger partial charge in [-0.2, -0.15) is 0 Å². The Labute approximate surface area is 130 Å². The van der Waals surface area contributed by atoms with Crippen LogP contribution in [0, 0.1) is 34.9 Å². The highest BCUT2D eigenvalue weighted by Gasteiger charge is 2.25. The van der Waals surface area contributed by atoms with E-state index in [4.69, 9.17) is 0 Å². The topological polar surface area (TPSA) is 0 Å². The Kier molecular flexibility index (Phi) is 3.00. The average molecular weight is 336 g/mol. The van der Waals surface area contributed by atoms with Crippen LogP contribution in [0.3, 0.4) is 0 Å². The van der Waals surface area contributed by atoms with Crippen LogP contribution in [0.1, 0.15) is 0 Å². The van der Waals surface area contributed by atoms with Crippen molar-refractivity contribution in [3.63, 3.8) is 0 Å². The predicted octanol–water partition coefficient (Wildman–Crippen LogP) is 5.98. The Morgan fingerprint density at radius 3 is 1.88 bits per heavy atom. The molecule has 0 amide bonds. The lowest BCUT2D eigenvalue weighted by Gasteiger charge is -2.11. The third kappa shape index (κ3) is 1.76. The van der Waals surface area contributed by atoms with Crippen LogP contribution in [-0.2, 0) is 0 Å². The second kappa shape index (κ2) is 4.87. The first kappa shape index (κ1) is 14.8. The van der Waals surface area contributed by atoms with Gasteiger partial charge in [0.05, 0.1) is 10.8 Å². The summed E-state index contributed by atoms with van der Waals surface area (Å²) in [5.41, 5.74) is 0. The van der Waals surface area contributed by atoms with Crippen molar-refractivity contribution >= 4 is 32.3 Å². The van der Waals surface area contributed by atoms with Crippen LogP contribution >= 0.6 is 0 Å². The molecule has 120 valence electrons. The number of benzene rings is 4. The highest BCUT2D eigenvalue weighted by molar-refractivity contribution is 6.06. The maximum Gasteiger partial charge on any atom is 0.198 e. The summed E-state index contributed by atoms with van der Waals surface area (Å²) in [4.78, 5) is 0. The molecule has 0 radical (unpaired) electrons. The Bertz CT molecular complexity index is 1160. The third-order valence-corrected chi connectivity index (χ3v) is 4.06. The molecule has 4 rings (SSSR count). The zero-order valence-corrected chi connectivity index (χ0v) is 11.7. The van der Waals surface area contributed by atoms with Gasteiger partial charge < -0.3 is 0 Å². The fourth-order valence-electron chi connectivity index (χ4n) is 2.94. The van der Waals surface area contributed by atoms with E-state index in [0.717, 1.165) is 6.07 Å². The minimum Gasteiger partial charge on any atom is -0.206 e. The van der Waals surface area contributed by atoms with Crippen LogP contribution in [0.4, 0.5) is 26.3 Å². The summed E-state index contributed by atoms with van der Waals surface area (Å²) in [6.07, 6.45) is 0. The van der Waals surface area contributed by atoms with Crippen molar-refractivity contribution in [1.29, 1.82) is 0 Å². The first-order chi connectivity index (χ1) is 11.4. The Morgan fingerprint density at radius 2 is 1.12 bits per heavy atom. The van der Waals surface area contributed by atoms with Gasteiger partial charge in [0.25, 0.3) is 0 Å². The Hall–Kier alpha value is -2.76. The van der Waals surface area contributed by atoms with Gasteiger partial charge in [0.2, 0.25) is 0 Å². The van der Waals surface area contributed by atoms with E-state index in [1.165, 1.54) is 18.2 Å². The predicted molar refractivity (Wildman–Crippen MR) is 78.7 cm³/mol. The highest BCUT2D eigenvalue weighted by atomic mass is 19.2. The smallest absolute Gasteiger partial charge is 0.198 e. The lowest BCUT2D eigenvalue weighted by molar-refractivity contribution is 0.416. The largest absolute Gasteiger partial charge is 0.206 e. The molecule has 4 aromatic carbocycles. The number of halogens is 6. The molecular formula is C18H6F6. The molecule has 6 heteroatoms. The SMILES string of the molecule is Fc1c(F)c(F)c2c(F)c3c(F)c4ccccc4cc3cc2c1F. The zero-order chi connectivity index (χ0) is 17.2. The van der Waals surface area contributed by atoms with Crippen LogP contribution in [0.2, 0.25) is 0 Å². The van der Waals surface area contributed by atoms with Crippen LogP contribution in [0.15, 0.2) is 36.4 Å². The number of hydrogen-bond donors (Lipinski definition) is 0. The maximum atomic E-state index is 14.7.